The maximum absolute atomic E-state index is 14.7. The molecule has 0 spiro atoms. The third-order valence-corrected chi connectivity index (χ3v) is 10.3. The fraction of sp³-hybridized carbons (Fsp3) is 0.432. The molecule has 1 atom stereocenters. The van der Waals surface area contributed by atoms with Gasteiger partial charge in [-0.15, -0.1) is 0 Å². The number of benzene rings is 2. The molecule has 0 radical (unpaired) electrons. The van der Waals surface area contributed by atoms with Gasteiger partial charge in [-0.3, -0.25) is 4.68 Å². The van der Waals surface area contributed by atoms with E-state index in [4.69, 9.17) is 10.1 Å². The molecule has 7 rings (SSSR count). The van der Waals surface area contributed by atoms with E-state index in [0.717, 1.165) is 61.6 Å². The SMILES string of the molecule is C=C(Nc1ncc[nH]1)C(c1ncn2c1CCC2)n1cc2c(C(F)(F)F)cc(-c3ccc(CCCN4CCC(CC)CC4)cc3)c(C)c2n1. The maximum atomic E-state index is 14.7. The number of hydrogen-bond donors (Lipinski definition) is 2. The van der Waals surface area contributed by atoms with Gasteiger partial charge in [-0.2, -0.15) is 18.3 Å². The molecule has 252 valence electrons. The van der Waals surface area contributed by atoms with E-state index < -0.39 is 17.8 Å². The number of hydrogen-bond acceptors (Lipinski definition) is 5. The molecular weight excluding hydrogens is 613 g/mol. The largest absolute Gasteiger partial charge is 0.417 e. The Balaban J connectivity index is 1.19. The zero-order valence-electron chi connectivity index (χ0n) is 27.7. The van der Waals surface area contributed by atoms with Crippen molar-refractivity contribution in [3.8, 4) is 11.1 Å². The number of nitrogens with zero attached hydrogens (tertiary/aromatic N) is 6. The molecule has 5 heterocycles. The van der Waals surface area contributed by atoms with Crippen LogP contribution in [0, 0.1) is 12.8 Å². The Kier molecular flexibility index (Phi) is 8.89. The molecular formula is C37H43F3N8. The number of likely N-dealkylation sites (tertiary alicyclic amines) is 1. The van der Waals surface area contributed by atoms with Crippen LogP contribution >= 0.6 is 0 Å². The molecule has 0 aliphatic carbocycles. The molecule has 5 aromatic rings. The summed E-state index contributed by atoms with van der Waals surface area (Å²) in [6, 6.07) is 8.61. The zero-order valence-corrected chi connectivity index (χ0v) is 27.7. The molecule has 48 heavy (non-hydrogen) atoms. The summed E-state index contributed by atoms with van der Waals surface area (Å²) in [4.78, 5) is 14.5. The van der Waals surface area contributed by atoms with E-state index in [-0.39, 0.29) is 5.39 Å². The van der Waals surface area contributed by atoms with Crippen molar-refractivity contribution in [2.45, 2.75) is 77.6 Å². The zero-order chi connectivity index (χ0) is 33.4. The third kappa shape index (κ3) is 6.40. The van der Waals surface area contributed by atoms with Crippen LogP contribution in [0.2, 0.25) is 0 Å². The molecule has 0 bridgehead atoms. The summed E-state index contributed by atoms with van der Waals surface area (Å²) in [6.45, 7) is 12.7. The minimum atomic E-state index is -4.57. The second-order valence-electron chi connectivity index (χ2n) is 13.3. The van der Waals surface area contributed by atoms with Gasteiger partial charge in [0.05, 0.1) is 23.1 Å². The van der Waals surface area contributed by atoms with E-state index in [1.54, 1.807) is 23.4 Å². The van der Waals surface area contributed by atoms with Gasteiger partial charge in [0.25, 0.3) is 0 Å². The molecule has 2 aliphatic heterocycles. The van der Waals surface area contributed by atoms with Gasteiger partial charge in [0.15, 0.2) is 0 Å². The highest BCUT2D eigenvalue weighted by molar-refractivity contribution is 5.92. The molecule has 2 aliphatic rings. The summed E-state index contributed by atoms with van der Waals surface area (Å²) in [5.41, 5.74) is 5.01. The highest BCUT2D eigenvalue weighted by Crippen LogP contribution is 2.41. The highest BCUT2D eigenvalue weighted by atomic mass is 19.4. The summed E-state index contributed by atoms with van der Waals surface area (Å²) >= 11 is 0. The number of allylic oxidation sites excluding steroid dienone is 1. The van der Waals surface area contributed by atoms with Crippen LogP contribution in [0.1, 0.15) is 73.1 Å². The summed E-state index contributed by atoms with van der Waals surface area (Å²) in [5.74, 6) is 1.35. The van der Waals surface area contributed by atoms with Crippen molar-refractivity contribution in [1.29, 1.82) is 0 Å². The predicted molar refractivity (Wildman–Crippen MR) is 183 cm³/mol. The first-order chi connectivity index (χ1) is 23.2. The second kappa shape index (κ2) is 13.3. The quantitative estimate of drug-likeness (QED) is 0.150. The van der Waals surface area contributed by atoms with Crippen molar-refractivity contribution in [2.75, 3.05) is 25.0 Å². The second-order valence-corrected chi connectivity index (χ2v) is 13.3. The van der Waals surface area contributed by atoms with Crippen molar-refractivity contribution >= 4 is 16.9 Å². The maximum Gasteiger partial charge on any atom is 0.417 e. The first-order valence-electron chi connectivity index (χ1n) is 17.1. The van der Waals surface area contributed by atoms with E-state index in [0.29, 0.717) is 28.3 Å². The Hall–Kier alpha value is -4.38. The topological polar surface area (TPSA) is 79.6 Å². The minimum absolute atomic E-state index is 0.0509. The molecule has 11 heteroatoms. The Morgan fingerprint density at radius 2 is 1.92 bits per heavy atom. The van der Waals surface area contributed by atoms with E-state index in [9.17, 15) is 13.2 Å². The average Bonchev–Trinajstić information content (AvgIpc) is 3.89. The van der Waals surface area contributed by atoms with Gasteiger partial charge in [0, 0.05) is 41.9 Å². The number of imidazole rings is 2. The van der Waals surface area contributed by atoms with Gasteiger partial charge in [0.2, 0.25) is 5.95 Å². The van der Waals surface area contributed by atoms with Gasteiger partial charge in [-0.1, -0.05) is 44.2 Å². The van der Waals surface area contributed by atoms with Gasteiger partial charge >= 0.3 is 6.18 Å². The summed E-state index contributed by atoms with van der Waals surface area (Å²) < 4.78 is 47.8. The standard InChI is InChI=1S/C37H43F3N8/c1-4-26-13-19-46(20-14-26)17-5-7-27-9-11-28(12-10-27)29-21-31(37(38,39)40)30-22-48(45-33(30)24(29)2)35(25(3)44-36-41-15-16-42-36)34-32-8-6-18-47(32)23-43-34/h9-12,15-16,21-23,26,35H,3-8,13-14,17-20H2,1-2H3,(H2,41,42,44). The number of aryl methyl sites for hydroxylation is 3. The van der Waals surface area contributed by atoms with Crippen LogP contribution in [0.25, 0.3) is 22.0 Å². The number of H-pyrrole nitrogens is 1. The average molecular weight is 657 g/mol. The van der Waals surface area contributed by atoms with Crippen LogP contribution in [0.3, 0.4) is 0 Å². The van der Waals surface area contributed by atoms with Crippen LogP contribution in [0.4, 0.5) is 19.1 Å². The summed E-state index contributed by atoms with van der Waals surface area (Å²) in [7, 11) is 0. The number of rotatable bonds is 11. The Labute approximate surface area is 279 Å². The first-order valence-corrected chi connectivity index (χ1v) is 17.1. The normalized spacial score (nSPS) is 16.4. The molecule has 1 fully saturated rings. The first kappa shape index (κ1) is 32.2. The third-order valence-electron chi connectivity index (χ3n) is 10.3. The molecule has 1 saturated heterocycles. The number of aromatic amines is 1. The predicted octanol–water partition coefficient (Wildman–Crippen LogP) is 8.17. The lowest BCUT2D eigenvalue weighted by Gasteiger charge is -2.31. The van der Waals surface area contributed by atoms with Crippen molar-refractivity contribution < 1.29 is 13.2 Å². The fourth-order valence-corrected chi connectivity index (χ4v) is 7.50. The van der Waals surface area contributed by atoms with Gasteiger partial charge in [-0.25, -0.2) is 9.97 Å². The Morgan fingerprint density at radius 1 is 1.12 bits per heavy atom. The van der Waals surface area contributed by atoms with E-state index in [1.807, 2.05) is 31.2 Å². The number of nitrogens with one attached hydrogen (secondary N) is 2. The number of anilines is 1. The Morgan fingerprint density at radius 3 is 2.62 bits per heavy atom. The lowest BCUT2D eigenvalue weighted by atomic mass is 9.93. The number of aromatic nitrogens is 6. The summed E-state index contributed by atoms with van der Waals surface area (Å²) in [5, 5.41) is 8.09. The van der Waals surface area contributed by atoms with E-state index in [2.05, 4.69) is 38.3 Å². The smallest absolute Gasteiger partial charge is 0.334 e. The van der Waals surface area contributed by atoms with Crippen LogP contribution < -0.4 is 5.32 Å². The van der Waals surface area contributed by atoms with Crippen molar-refractivity contribution in [3.63, 3.8) is 0 Å². The highest BCUT2D eigenvalue weighted by Gasteiger charge is 2.36. The van der Waals surface area contributed by atoms with Crippen LogP contribution in [0.15, 0.2) is 67.5 Å². The van der Waals surface area contributed by atoms with Crippen LogP contribution in [-0.4, -0.2) is 53.8 Å². The number of piperidine rings is 1. The molecule has 3 aromatic heterocycles. The number of fused-ring (bicyclic) bond motifs is 2. The van der Waals surface area contributed by atoms with Crippen molar-refractivity contribution in [1.82, 2.24) is 34.2 Å². The molecule has 2 aromatic carbocycles. The van der Waals surface area contributed by atoms with Crippen molar-refractivity contribution in [2.24, 2.45) is 5.92 Å². The monoisotopic (exact) mass is 656 g/mol. The molecule has 0 amide bonds. The minimum Gasteiger partial charge on any atom is -0.334 e. The molecule has 2 N–H and O–H groups in total. The fourth-order valence-electron chi connectivity index (χ4n) is 7.50. The van der Waals surface area contributed by atoms with Gasteiger partial charge in [-0.05, 0) is 99.3 Å². The van der Waals surface area contributed by atoms with Crippen LogP contribution in [0.5, 0.6) is 0 Å². The van der Waals surface area contributed by atoms with E-state index >= 15 is 0 Å². The lowest BCUT2D eigenvalue weighted by molar-refractivity contribution is -0.136. The number of alkyl halides is 3. The summed E-state index contributed by atoms with van der Waals surface area (Å²) in [6.07, 6.45) is 9.67. The van der Waals surface area contributed by atoms with Crippen molar-refractivity contribution in [3.05, 3.63) is 95.6 Å². The number of halogens is 3. The molecule has 8 nitrogen and oxygen atoms in total. The molecule has 1 unspecified atom stereocenters. The van der Waals surface area contributed by atoms with E-state index in [1.165, 1.54) is 50.2 Å². The Bertz CT molecular complexity index is 1880. The van der Waals surface area contributed by atoms with Gasteiger partial charge in [0.1, 0.15) is 6.04 Å². The van der Waals surface area contributed by atoms with Crippen LogP contribution in [-0.2, 0) is 25.6 Å². The van der Waals surface area contributed by atoms with Gasteiger partial charge < -0.3 is 19.8 Å². The molecule has 0 saturated carbocycles. The lowest BCUT2D eigenvalue weighted by Crippen LogP contribution is -2.34.